The highest BCUT2D eigenvalue weighted by Crippen LogP contribution is 2.36. The molecule has 0 amide bonds. The molecule has 1 atom stereocenters. The summed E-state index contributed by atoms with van der Waals surface area (Å²) in [6, 6.07) is 7.41. The number of aryl methyl sites for hydroxylation is 1. The number of hydrogen-bond acceptors (Lipinski definition) is 5. The third kappa shape index (κ3) is 3.00. The third-order valence-electron chi connectivity index (χ3n) is 3.98. The van der Waals surface area contributed by atoms with Gasteiger partial charge in [0.2, 0.25) is 0 Å². The highest BCUT2D eigenvalue weighted by Gasteiger charge is 2.16. The molecule has 0 spiro atoms. The fraction of sp³-hybridized carbons (Fsp3) is 0.294. The molecule has 1 unspecified atom stereocenters. The van der Waals surface area contributed by atoms with Crippen LogP contribution in [0.2, 0.25) is 0 Å². The van der Waals surface area contributed by atoms with E-state index in [0.29, 0.717) is 11.4 Å². The van der Waals surface area contributed by atoms with Crippen molar-refractivity contribution in [2.24, 2.45) is 0 Å². The van der Waals surface area contributed by atoms with Crippen LogP contribution in [0.1, 0.15) is 16.7 Å². The van der Waals surface area contributed by atoms with Crippen molar-refractivity contribution < 1.29 is 10.2 Å². The van der Waals surface area contributed by atoms with Crippen molar-refractivity contribution in [3.05, 3.63) is 41.0 Å². The Bertz CT molecular complexity index is 699. The second-order valence-electron chi connectivity index (χ2n) is 5.65. The molecule has 0 aliphatic heterocycles. The topological polar surface area (TPSA) is 119 Å². The molecule has 0 saturated heterocycles. The van der Waals surface area contributed by atoms with Gasteiger partial charge in [0.05, 0.1) is 12.7 Å². The van der Waals surface area contributed by atoms with Gasteiger partial charge >= 0.3 is 0 Å². The lowest BCUT2D eigenvalue weighted by atomic mass is 9.90. The monoisotopic (exact) mass is 301 g/mol. The number of nitrogen functional groups attached to an aromatic ring is 3. The highest BCUT2D eigenvalue weighted by atomic mass is 16.3. The lowest BCUT2D eigenvalue weighted by molar-refractivity contribution is 0.0957. The summed E-state index contributed by atoms with van der Waals surface area (Å²) in [6.45, 7) is 3.58. The van der Waals surface area contributed by atoms with E-state index in [1.54, 1.807) is 6.07 Å². The first-order chi connectivity index (χ1) is 10.3. The normalized spacial score (nSPS) is 12.4. The molecule has 0 saturated carbocycles. The molecule has 2 rings (SSSR count). The molecule has 0 fully saturated rings. The predicted molar refractivity (Wildman–Crippen MR) is 91.4 cm³/mol. The quantitative estimate of drug-likeness (QED) is 0.550. The second kappa shape index (κ2) is 6.25. The molecule has 118 valence electrons. The van der Waals surface area contributed by atoms with Crippen LogP contribution in [0.3, 0.4) is 0 Å². The van der Waals surface area contributed by atoms with Gasteiger partial charge in [-0.1, -0.05) is 12.1 Å². The van der Waals surface area contributed by atoms with Crippen molar-refractivity contribution in [3.8, 4) is 11.1 Å². The Morgan fingerprint density at radius 1 is 1.05 bits per heavy atom. The van der Waals surface area contributed by atoms with Gasteiger partial charge in [0.15, 0.2) is 0 Å². The van der Waals surface area contributed by atoms with Crippen molar-refractivity contribution in [3.63, 3.8) is 0 Å². The summed E-state index contributed by atoms with van der Waals surface area (Å²) in [5.41, 5.74) is 24.4. The van der Waals surface area contributed by atoms with Gasteiger partial charge in [-0.05, 0) is 53.8 Å². The van der Waals surface area contributed by atoms with Crippen molar-refractivity contribution in [1.29, 1.82) is 0 Å². The van der Waals surface area contributed by atoms with Crippen LogP contribution in [0.15, 0.2) is 24.3 Å². The van der Waals surface area contributed by atoms with Crippen LogP contribution < -0.4 is 17.2 Å². The van der Waals surface area contributed by atoms with Gasteiger partial charge < -0.3 is 27.4 Å². The van der Waals surface area contributed by atoms with Crippen molar-refractivity contribution in [2.45, 2.75) is 26.4 Å². The molecule has 8 N–H and O–H groups in total. The zero-order valence-corrected chi connectivity index (χ0v) is 12.9. The van der Waals surface area contributed by atoms with Gasteiger partial charge in [-0.15, -0.1) is 0 Å². The van der Waals surface area contributed by atoms with Crippen LogP contribution in [0.5, 0.6) is 0 Å². The molecule has 0 aromatic heterocycles. The van der Waals surface area contributed by atoms with Gasteiger partial charge in [-0.2, -0.15) is 0 Å². The number of rotatable bonds is 4. The Hall–Kier alpha value is -2.24. The highest BCUT2D eigenvalue weighted by molar-refractivity contribution is 5.82. The van der Waals surface area contributed by atoms with Gasteiger partial charge in [-0.3, -0.25) is 0 Å². The first-order valence-corrected chi connectivity index (χ1v) is 7.18. The van der Waals surface area contributed by atoms with Gasteiger partial charge in [0.25, 0.3) is 0 Å². The Kier molecular flexibility index (Phi) is 4.59. The van der Waals surface area contributed by atoms with Gasteiger partial charge in [0, 0.05) is 23.5 Å². The van der Waals surface area contributed by atoms with E-state index in [1.807, 2.05) is 32.0 Å². The molecule has 22 heavy (non-hydrogen) atoms. The molecule has 0 bridgehead atoms. The van der Waals surface area contributed by atoms with Crippen LogP contribution in [-0.2, 0) is 6.42 Å². The summed E-state index contributed by atoms with van der Waals surface area (Å²) in [5.74, 6) is 0. The number of hydrogen-bond donors (Lipinski definition) is 5. The number of benzene rings is 2. The number of nitrogens with two attached hydrogens (primary N) is 3. The maximum atomic E-state index is 9.78. The Balaban J connectivity index is 2.66. The van der Waals surface area contributed by atoms with E-state index < -0.39 is 6.10 Å². The van der Waals surface area contributed by atoms with E-state index in [-0.39, 0.29) is 13.0 Å². The van der Waals surface area contributed by atoms with Crippen LogP contribution in [0.25, 0.3) is 11.1 Å². The number of aliphatic hydroxyl groups excluding tert-OH is 2. The van der Waals surface area contributed by atoms with Gasteiger partial charge in [-0.25, -0.2) is 0 Å². The van der Waals surface area contributed by atoms with Crippen molar-refractivity contribution in [2.75, 3.05) is 23.8 Å². The van der Waals surface area contributed by atoms with Crippen LogP contribution in [-0.4, -0.2) is 22.9 Å². The fourth-order valence-corrected chi connectivity index (χ4v) is 2.64. The summed E-state index contributed by atoms with van der Waals surface area (Å²) in [7, 11) is 0. The average molecular weight is 301 g/mol. The van der Waals surface area contributed by atoms with E-state index >= 15 is 0 Å². The lowest BCUT2D eigenvalue weighted by Gasteiger charge is -2.19. The zero-order valence-electron chi connectivity index (χ0n) is 12.9. The zero-order chi connectivity index (χ0) is 16.4. The number of anilines is 3. The average Bonchev–Trinajstić information content (AvgIpc) is 2.47. The summed E-state index contributed by atoms with van der Waals surface area (Å²) < 4.78 is 0. The molecule has 5 heteroatoms. The summed E-state index contributed by atoms with van der Waals surface area (Å²) in [4.78, 5) is 0. The van der Waals surface area contributed by atoms with Crippen LogP contribution in [0, 0.1) is 13.8 Å². The fourth-order valence-electron chi connectivity index (χ4n) is 2.64. The third-order valence-corrected chi connectivity index (χ3v) is 3.98. The first-order valence-electron chi connectivity index (χ1n) is 7.18. The molecule has 0 aliphatic carbocycles. The summed E-state index contributed by atoms with van der Waals surface area (Å²) >= 11 is 0. The molecule has 5 nitrogen and oxygen atoms in total. The molecular weight excluding hydrogens is 278 g/mol. The second-order valence-corrected chi connectivity index (χ2v) is 5.65. The maximum Gasteiger partial charge on any atom is 0.0812 e. The summed E-state index contributed by atoms with van der Waals surface area (Å²) in [5, 5.41) is 18.9. The number of aliphatic hydroxyl groups is 2. The van der Waals surface area contributed by atoms with Crippen LogP contribution >= 0.6 is 0 Å². The Morgan fingerprint density at radius 2 is 1.73 bits per heavy atom. The first kappa shape index (κ1) is 16.1. The maximum absolute atomic E-state index is 9.78. The smallest absolute Gasteiger partial charge is 0.0812 e. The van der Waals surface area contributed by atoms with Crippen molar-refractivity contribution in [1.82, 2.24) is 0 Å². The van der Waals surface area contributed by atoms with E-state index in [2.05, 4.69) is 0 Å². The van der Waals surface area contributed by atoms with Gasteiger partial charge in [0.1, 0.15) is 0 Å². The molecule has 2 aromatic rings. The minimum absolute atomic E-state index is 0.255. The molecule has 0 aliphatic rings. The predicted octanol–water partition coefficient (Wildman–Crippen LogP) is 1.61. The Labute approximate surface area is 130 Å². The molecule has 0 radical (unpaired) electrons. The lowest BCUT2D eigenvalue weighted by Crippen LogP contribution is -2.17. The molecule has 2 aromatic carbocycles. The largest absolute Gasteiger partial charge is 0.399 e. The van der Waals surface area contributed by atoms with E-state index in [1.165, 1.54) is 0 Å². The summed E-state index contributed by atoms with van der Waals surface area (Å²) in [6.07, 6.45) is -0.613. The minimum Gasteiger partial charge on any atom is -0.399 e. The van der Waals surface area contributed by atoms with Crippen LogP contribution in [0.4, 0.5) is 17.1 Å². The van der Waals surface area contributed by atoms with E-state index in [4.69, 9.17) is 22.3 Å². The van der Waals surface area contributed by atoms with E-state index in [0.717, 1.165) is 33.5 Å². The minimum atomic E-state index is -0.868. The standard InChI is InChI=1S/C17H23N3O2/c1-9-3-4-13(10(2)17(9)20)14-5-11(18)6-16(19)15(14)7-12(22)8-21/h3-6,12,21-22H,7-8,18-20H2,1-2H3. The Morgan fingerprint density at radius 3 is 2.36 bits per heavy atom. The molecular formula is C17H23N3O2. The van der Waals surface area contributed by atoms with E-state index in [9.17, 15) is 5.11 Å². The molecule has 0 heterocycles. The van der Waals surface area contributed by atoms with Crippen molar-refractivity contribution >= 4 is 17.1 Å². The SMILES string of the molecule is Cc1ccc(-c2cc(N)cc(N)c2CC(O)CO)c(C)c1N.